The molecule has 0 saturated carbocycles. The van der Waals surface area contributed by atoms with Gasteiger partial charge in [0.1, 0.15) is 5.54 Å². The molecular weight excluding hydrogens is 420 g/mol. The minimum Gasteiger partial charge on any atom is -0.319 e. The van der Waals surface area contributed by atoms with Crippen LogP contribution < -0.4 is 5.32 Å². The van der Waals surface area contributed by atoms with Crippen LogP contribution in [-0.4, -0.2) is 29.2 Å². The average molecular weight is 437 g/mol. The molecular formula is C22H17BrN2O3. The summed E-state index contributed by atoms with van der Waals surface area (Å²) in [6.45, 7) is 1.37. The summed E-state index contributed by atoms with van der Waals surface area (Å²) in [6.07, 6.45) is 0. The topological polar surface area (TPSA) is 66.5 Å². The Morgan fingerprint density at radius 2 is 1.68 bits per heavy atom. The van der Waals surface area contributed by atoms with Crippen LogP contribution in [-0.2, 0) is 10.3 Å². The third-order valence-electron chi connectivity index (χ3n) is 5.07. The lowest BCUT2D eigenvalue weighted by molar-refractivity contribution is -0.130. The van der Waals surface area contributed by atoms with Crippen LogP contribution in [0.5, 0.6) is 0 Å². The van der Waals surface area contributed by atoms with E-state index in [0.29, 0.717) is 11.1 Å². The molecule has 1 aliphatic heterocycles. The number of fused-ring (bicyclic) bond motifs is 1. The molecule has 1 heterocycles. The Bertz CT molecular complexity index is 1110. The number of urea groups is 1. The Kier molecular flexibility index (Phi) is 4.51. The molecule has 0 aromatic heterocycles. The molecule has 1 atom stereocenters. The lowest BCUT2D eigenvalue weighted by Crippen LogP contribution is -2.41. The predicted molar refractivity (Wildman–Crippen MR) is 110 cm³/mol. The smallest absolute Gasteiger partial charge is 0.319 e. The summed E-state index contributed by atoms with van der Waals surface area (Å²) in [5, 5.41) is 4.78. The summed E-state index contributed by atoms with van der Waals surface area (Å²) in [7, 11) is 0. The zero-order valence-corrected chi connectivity index (χ0v) is 16.7. The van der Waals surface area contributed by atoms with Gasteiger partial charge in [-0.05, 0) is 41.5 Å². The number of hydrogen-bond acceptors (Lipinski definition) is 3. The first-order valence-electron chi connectivity index (χ1n) is 8.81. The molecule has 3 aromatic rings. The Balaban J connectivity index is 1.61. The normalized spacial score (nSPS) is 19.1. The molecule has 1 saturated heterocycles. The number of halogens is 1. The molecule has 1 fully saturated rings. The fourth-order valence-electron chi connectivity index (χ4n) is 3.41. The lowest BCUT2D eigenvalue weighted by atomic mass is 9.90. The van der Waals surface area contributed by atoms with Crippen LogP contribution in [0.1, 0.15) is 22.8 Å². The Morgan fingerprint density at radius 1 is 1.00 bits per heavy atom. The van der Waals surface area contributed by atoms with Crippen molar-refractivity contribution in [2.75, 3.05) is 6.54 Å². The summed E-state index contributed by atoms with van der Waals surface area (Å²) in [4.78, 5) is 39.1. The summed E-state index contributed by atoms with van der Waals surface area (Å²) >= 11 is 3.32. The van der Waals surface area contributed by atoms with E-state index in [1.807, 2.05) is 42.5 Å². The molecule has 1 aliphatic rings. The Labute approximate surface area is 170 Å². The quantitative estimate of drug-likeness (QED) is 0.490. The Hall–Kier alpha value is -2.99. The first kappa shape index (κ1) is 18.4. The van der Waals surface area contributed by atoms with E-state index in [1.54, 1.807) is 31.2 Å². The highest BCUT2D eigenvalue weighted by atomic mass is 79.9. The highest BCUT2D eigenvalue weighted by molar-refractivity contribution is 9.10. The maximum Gasteiger partial charge on any atom is 0.325 e. The molecule has 0 bridgehead atoms. The molecule has 28 heavy (non-hydrogen) atoms. The molecule has 0 spiro atoms. The second-order valence-corrected chi connectivity index (χ2v) is 7.85. The average Bonchev–Trinajstić information content (AvgIpc) is 2.92. The van der Waals surface area contributed by atoms with E-state index in [4.69, 9.17) is 0 Å². The van der Waals surface area contributed by atoms with E-state index >= 15 is 0 Å². The van der Waals surface area contributed by atoms with Gasteiger partial charge in [-0.15, -0.1) is 0 Å². The third kappa shape index (κ3) is 3.10. The molecule has 0 radical (unpaired) electrons. The summed E-state index contributed by atoms with van der Waals surface area (Å²) < 4.78 is 0.850. The minimum atomic E-state index is -1.21. The van der Waals surface area contributed by atoms with Gasteiger partial charge in [0.05, 0.1) is 6.54 Å². The number of nitrogens with zero attached hydrogens (tertiary/aromatic N) is 1. The van der Waals surface area contributed by atoms with Crippen molar-refractivity contribution in [2.45, 2.75) is 12.5 Å². The van der Waals surface area contributed by atoms with Crippen LogP contribution in [0, 0.1) is 0 Å². The van der Waals surface area contributed by atoms with Gasteiger partial charge in [-0.1, -0.05) is 64.5 Å². The van der Waals surface area contributed by atoms with E-state index in [9.17, 15) is 14.4 Å². The summed E-state index contributed by atoms with van der Waals surface area (Å²) in [5.41, 5.74) is -0.0764. The standard InChI is InChI=1S/C22H17BrN2O3/c1-22(17-9-6-14-4-2-3-5-16(14)12-17)20(27)25(21(28)24-22)13-19(26)15-7-10-18(23)11-8-15/h2-12H,13H2,1H3,(H,24,28)/t22-/m1/s1. The van der Waals surface area contributed by atoms with Crippen LogP contribution in [0.3, 0.4) is 0 Å². The molecule has 6 heteroatoms. The molecule has 0 aliphatic carbocycles. The van der Waals surface area contributed by atoms with Gasteiger partial charge >= 0.3 is 6.03 Å². The number of ketones is 1. The predicted octanol–water partition coefficient (Wildman–Crippen LogP) is 4.25. The lowest BCUT2D eigenvalue weighted by Gasteiger charge is -2.22. The number of carbonyl (C=O) groups is 3. The maximum absolute atomic E-state index is 13.1. The fraction of sp³-hybridized carbons (Fsp3) is 0.136. The number of Topliss-reactive ketones (excluding diaryl/α,β-unsaturated/α-hetero) is 1. The van der Waals surface area contributed by atoms with E-state index in [-0.39, 0.29) is 12.3 Å². The highest BCUT2D eigenvalue weighted by Gasteiger charge is 2.49. The van der Waals surface area contributed by atoms with Crippen LogP contribution in [0.2, 0.25) is 0 Å². The van der Waals surface area contributed by atoms with Crippen molar-refractivity contribution in [3.63, 3.8) is 0 Å². The molecule has 140 valence electrons. The van der Waals surface area contributed by atoms with Gasteiger partial charge in [0.2, 0.25) is 0 Å². The molecule has 0 unspecified atom stereocenters. The zero-order chi connectivity index (χ0) is 19.9. The number of rotatable bonds is 4. The van der Waals surface area contributed by atoms with E-state index < -0.39 is 17.5 Å². The largest absolute Gasteiger partial charge is 0.325 e. The first-order chi connectivity index (χ1) is 13.4. The number of nitrogens with one attached hydrogen (secondary N) is 1. The van der Waals surface area contributed by atoms with Gasteiger partial charge in [-0.25, -0.2) is 4.79 Å². The van der Waals surface area contributed by atoms with Crippen LogP contribution in [0.15, 0.2) is 71.2 Å². The van der Waals surface area contributed by atoms with Crippen molar-refractivity contribution in [2.24, 2.45) is 0 Å². The number of amides is 3. The molecule has 3 amide bonds. The van der Waals surface area contributed by atoms with Gasteiger partial charge in [0.15, 0.2) is 5.78 Å². The van der Waals surface area contributed by atoms with Gasteiger partial charge < -0.3 is 5.32 Å². The summed E-state index contributed by atoms with van der Waals surface area (Å²) in [5.74, 6) is -0.725. The van der Waals surface area contributed by atoms with Gasteiger partial charge in [0, 0.05) is 10.0 Å². The van der Waals surface area contributed by atoms with Crippen molar-refractivity contribution in [1.29, 1.82) is 0 Å². The second kappa shape index (κ2) is 6.87. The Morgan fingerprint density at radius 3 is 2.39 bits per heavy atom. The van der Waals surface area contributed by atoms with E-state index in [1.165, 1.54) is 0 Å². The maximum atomic E-state index is 13.1. The van der Waals surface area contributed by atoms with E-state index in [0.717, 1.165) is 20.1 Å². The van der Waals surface area contributed by atoms with Crippen LogP contribution in [0.4, 0.5) is 4.79 Å². The number of benzene rings is 3. The SMILES string of the molecule is C[C@]1(c2ccc3ccccc3c2)NC(=O)N(CC(=O)c2ccc(Br)cc2)C1=O. The van der Waals surface area contributed by atoms with Gasteiger partial charge in [0.25, 0.3) is 5.91 Å². The molecule has 5 nitrogen and oxygen atoms in total. The minimum absolute atomic E-state index is 0.293. The van der Waals surface area contributed by atoms with Crippen molar-refractivity contribution < 1.29 is 14.4 Å². The molecule has 1 N–H and O–H groups in total. The highest BCUT2D eigenvalue weighted by Crippen LogP contribution is 2.31. The van der Waals surface area contributed by atoms with Crippen molar-refractivity contribution in [3.8, 4) is 0 Å². The van der Waals surface area contributed by atoms with Gasteiger partial charge in [-0.3, -0.25) is 14.5 Å². The second-order valence-electron chi connectivity index (χ2n) is 6.94. The monoisotopic (exact) mass is 436 g/mol. The van der Waals surface area contributed by atoms with Crippen molar-refractivity contribution in [3.05, 3.63) is 82.3 Å². The summed E-state index contributed by atoms with van der Waals surface area (Å²) in [6, 6.07) is 19.7. The number of imide groups is 1. The van der Waals surface area contributed by atoms with Gasteiger partial charge in [-0.2, -0.15) is 0 Å². The van der Waals surface area contributed by atoms with Crippen LogP contribution >= 0.6 is 15.9 Å². The third-order valence-corrected chi connectivity index (χ3v) is 5.60. The van der Waals surface area contributed by atoms with Crippen molar-refractivity contribution >= 4 is 44.4 Å². The van der Waals surface area contributed by atoms with Crippen molar-refractivity contribution in [1.82, 2.24) is 10.2 Å². The zero-order valence-electron chi connectivity index (χ0n) is 15.1. The molecule has 3 aromatic carbocycles. The van der Waals surface area contributed by atoms with Crippen LogP contribution in [0.25, 0.3) is 10.8 Å². The van der Waals surface area contributed by atoms with E-state index in [2.05, 4.69) is 21.2 Å². The fourth-order valence-corrected chi connectivity index (χ4v) is 3.67. The first-order valence-corrected chi connectivity index (χ1v) is 9.60. The number of hydrogen-bond donors (Lipinski definition) is 1. The molecule has 4 rings (SSSR count). The number of carbonyl (C=O) groups excluding carboxylic acids is 3.